The molecule has 0 saturated carbocycles. The van der Waals surface area contributed by atoms with Crippen LogP contribution < -0.4 is 10.6 Å². The van der Waals surface area contributed by atoms with E-state index < -0.39 is 0 Å². The van der Waals surface area contributed by atoms with Gasteiger partial charge in [-0.15, -0.1) is 0 Å². The van der Waals surface area contributed by atoms with Crippen molar-refractivity contribution in [2.45, 2.75) is 58.7 Å². The summed E-state index contributed by atoms with van der Waals surface area (Å²) in [6.45, 7) is 11.5. The molecule has 1 saturated heterocycles. The van der Waals surface area contributed by atoms with Crippen molar-refractivity contribution in [2.75, 3.05) is 19.6 Å². The third-order valence-electron chi connectivity index (χ3n) is 3.18. The molecule has 1 fully saturated rings. The second kappa shape index (κ2) is 6.97. The van der Waals surface area contributed by atoms with E-state index in [0.29, 0.717) is 18.5 Å². The summed E-state index contributed by atoms with van der Waals surface area (Å²) in [6.07, 6.45) is 1.78. The molecular formula is C13H27N3O. The molecule has 0 radical (unpaired) electrons. The van der Waals surface area contributed by atoms with Gasteiger partial charge in [0.15, 0.2) is 0 Å². The Hall–Kier alpha value is -0.610. The Bertz CT molecular complexity index is 241. The van der Waals surface area contributed by atoms with E-state index in [9.17, 15) is 4.79 Å². The third-order valence-corrected chi connectivity index (χ3v) is 3.18. The number of rotatable bonds is 6. The second-order valence-corrected chi connectivity index (χ2v) is 5.50. The maximum absolute atomic E-state index is 11.4. The van der Waals surface area contributed by atoms with Gasteiger partial charge in [-0.3, -0.25) is 9.69 Å². The first-order chi connectivity index (χ1) is 7.99. The van der Waals surface area contributed by atoms with Crippen molar-refractivity contribution in [2.24, 2.45) is 0 Å². The lowest BCUT2D eigenvalue weighted by molar-refractivity contribution is -0.121. The van der Waals surface area contributed by atoms with Gasteiger partial charge < -0.3 is 10.6 Å². The first-order valence-corrected chi connectivity index (χ1v) is 6.76. The van der Waals surface area contributed by atoms with Crippen LogP contribution in [0.4, 0.5) is 0 Å². The molecule has 17 heavy (non-hydrogen) atoms. The van der Waals surface area contributed by atoms with Crippen LogP contribution in [0.2, 0.25) is 0 Å². The predicted octanol–water partition coefficient (Wildman–Crippen LogP) is 0.973. The summed E-state index contributed by atoms with van der Waals surface area (Å²) in [5, 5.41) is 6.37. The Morgan fingerprint density at radius 2 is 2.06 bits per heavy atom. The molecule has 1 unspecified atom stereocenters. The Morgan fingerprint density at radius 1 is 1.35 bits per heavy atom. The van der Waals surface area contributed by atoms with Gasteiger partial charge in [-0.1, -0.05) is 0 Å². The van der Waals surface area contributed by atoms with Crippen molar-refractivity contribution in [1.82, 2.24) is 15.5 Å². The summed E-state index contributed by atoms with van der Waals surface area (Å²) in [5.41, 5.74) is 0. The molecule has 0 aromatic rings. The van der Waals surface area contributed by atoms with Crippen LogP contribution in [-0.2, 0) is 4.79 Å². The van der Waals surface area contributed by atoms with E-state index in [0.717, 1.165) is 13.1 Å². The highest BCUT2D eigenvalue weighted by atomic mass is 16.1. The largest absolute Gasteiger partial charge is 0.354 e. The summed E-state index contributed by atoms with van der Waals surface area (Å²) >= 11 is 0. The number of nitrogens with one attached hydrogen (secondary N) is 2. The molecule has 100 valence electrons. The molecule has 2 N–H and O–H groups in total. The van der Waals surface area contributed by atoms with Crippen molar-refractivity contribution < 1.29 is 4.79 Å². The third kappa shape index (κ3) is 5.50. The molecule has 1 aliphatic rings. The van der Waals surface area contributed by atoms with Crippen LogP contribution in [0.1, 0.15) is 40.5 Å². The van der Waals surface area contributed by atoms with Crippen molar-refractivity contribution in [3.05, 3.63) is 0 Å². The van der Waals surface area contributed by atoms with Crippen molar-refractivity contribution in [3.8, 4) is 0 Å². The molecule has 0 bridgehead atoms. The number of carbonyl (C=O) groups is 1. The standard InChI is InChI=1S/C13H27N3O/c1-10(2)15-13(17)5-7-14-12-6-8-16(9-12)11(3)4/h10-12,14H,5-9H2,1-4H3,(H,15,17). The molecule has 1 rings (SSSR count). The maximum atomic E-state index is 11.4. The zero-order valence-electron chi connectivity index (χ0n) is 11.6. The summed E-state index contributed by atoms with van der Waals surface area (Å²) in [5.74, 6) is 0.145. The topological polar surface area (TPSA) is 44.4 Å². The van der Waals surface area contributed by atoms with Crippen LogP contribution in [0.25, 0.3) is 0 Å². The number of hydrogen-bond acceptors (Lipinski definition) is 3. The number of amides is 1. The fourth-order valence-corrected chi connectivity index (χ4v) is 2.21. The van der Waals surface area contributed by atoms with Crippen LogP contribution in [-0.4, -0.2) is 48.6 Å². The maximum Gasteiger partial charge on any atom is 0.221 e. The molecular weight excluding hydrogens is 214 g/mol. The SMILES string of the molecule is CC(C)NC(=O)CCNC1CCN(C(C)C)C1. The van der Waals surface area contributed by atoms with Crippen LogP contribution in [0.3, 0.4) is 0 Å². The Labute approximate surface area is 105 Å². The monoisotopic (exact) mass is 241 g/mol. The molecule has 1 heterocycles. The van der Waals surface area contributed by atoms with Crippen LogP contribution in [0.5, 0.6) is 0 Å². The molecule has 4 heteroatoms. The van der Waals surface area contributed by atoms with Gasteiger partial charge in [-0.05, 0) is 40.7 Å². The summed E-state index contributed by atoms with van der Waals surface area (Å²) in [4.78, 5) is 13.9. The van der Waals surface area contributed by atoms with E-state index in [-0.39, 0.29) is 11.9 Å². The molecule has 0 aromatic carbocycles. The fraction of sp³-hybridized carbons (Fsp3) is 0.923. The van der Waals surface area contributed by atoms with E-state index in [2.05, 4.69) is 29.4 Å². The highest BCUT2D eigenvalue weighted by molar-refractivity contribution is 5.76. The predicted molar refractivity (Wildman–Crippen MR) is 71.0 cm³/mol. The molecule has 1 atom stereocenters. The number of hydrogen-bond donors (Lipinski definition) is 2. The molecule has 0 aliphatic carbocycles. The number of carbonyl (C=O) groups excluding carboxylic acids is 1. The van der Waals surface area contributed by atoms with Gasteiger partial charge in [0.25, 0.3) is 0 Å². The summed E-state index contributed by atoms with van der Waals surface area (Å²) < 4.78 is 0. The van der Waals surface area contributed by atoms with Gasteiger partial charge in [-0.2, -0.15) is 0 Å². The zero-order chi connectivity index (χ0) is 12.8. The van der Waals surface area contributed by atoms with Gasteiger partial charge in [0, 0.05) is 37.6 Å². The van der Waals surface area contributed by atoms with Crippen molar-refractivity contribution in [3.63, 3.8) is 0 Å². The van der Waals surface area contributed by atoms with Crippen LogP contribution in [0.15, 0.2) is 0 Å². The van der Waals surface area contributed by atoms with E-state index in [1.165, 1.54) is 13.0 Å². The quantitative estimate of drug-likeness (QED) is 0.728. The zero-order valence-corrected chi connectivity index (χ0v) is 11.6. The van der Waals surface area contributed by atoms with Gasteiger partial charge in [0.05, 0.1) is 0 Å². The fourth-order valence-electron chi connectivity index (χ4n) is 2.21. The van der Waals surface area contributed by atoms with E-state index in [1.54, 1.807) is 0 Å². The highest BCUT2D eigenvalue weighted by Crippen LogP contribution is 2.11. The minimum Gasteiger partial charge on any atom is -0.354 e. The normalized spacial score (nSPS) is 21.4. The Balaban J connectivity index is 2.10. The number of nitrogens with zero attached hydrogens (tertiary/aromatic N) is 1. The lowest BCUT2D eigenvalue weighted by Crippen LogP contribution is -2.38. The van der Waals surface area contributed by atoms with Gasteiger partial charge >= 0.3 is 0 Å². The Morgan fingerprint density at radius 3 is 2.59 bits per heavy atom. The highest BCUT2D eigenvalue weighted by Gasteiger charge is 2.23. The first-order valence-electron chi connectivity index (χ1n) is 6.76. The van der Waals surface area contributed by atoms with Crippen LogP contribution >= 0.6 is 0 Å². The minimum atomic E-state index is 0.145. The lowest BCUT2D eigenvalue weighted by Gasteiger charge is -2.20. The molecule has 1 amide bonds. The molecule has 4 nitrogen and oxygen atoms in total. The van der Waals surface area contributed by atoms with Gasteiger partial charge in [-0.25, -0.2) is 0 Å². The Kier molecular flexibility index (Phi) is 5.92. The minimum absolute atomic E-state index is 0.145. The van der Waals surface area contributed by atoms with Crippen molar-refractivity contribution >= 4 is 5.91 Å². The summed E-state index contributed by atoms with van der Waals surface area (Å²) in [7, 11) is 0. The molecule has 0 aromatic heterocycles. The van der Waals surface area contributed by atoms with Crippen molar-refractivity contribution in [1.29, 1.82) is 0 Å². The molecule has 1 aliphatic heterocycles. The van der Waals surface area contributed by atoms with Crippen LogP contribution in [0, 0.1) is 0 Å². The smallest absolute Gasteiger partial charge is 0.221 e. The van der Waals surface area contributed by atoms with E-state index >= 15 is 0 Å². The van der Waals surface area contributed by atoms with E-state index in [4.69, 9.17) is 0 Å². The lowest BCUT2D eigenvalue weighted by atomic mass is 10.2. The first kappa shape index (κ1) is 14.5. The van der Waals surface area contributed by atoms with Gasteiger partial charge in [0.2, 0.25) is 5.91 Å². The average Bonchev–Trinajstić information content (AvgIpc) is 2.65. The molecule has 0 spiro atoms. The van der Waals surface area contributed by atoms with Gasteiger partial charge in [0.1, 0.15) is 0 Å². The number of likely N-dealkylation sites (tertiary alicyclic amines) is 1. The van der Waals surface area contributed by atoms with E-state index in [1.807, 2.05) is 13.8 Å². The average molecular weight is 241 g/mol. The summed E-state index contributed by atoms with van der Waals surface area (Å²) in [6, 6.07) is 1.43. The second-order valence-electron chi connectivity index (χ2n) is 5.50.